The van der Waals surface area contributed by atoms with E-state index in [1.165, 1.54) is 19.3 Å². The lowest BCUT2D eigenvalue weighted by molar-refractivity contribution is -0.136. The third kappa shape index (κ3) is 5.33. The van der Waals surface area contributed by atoms with Crippen molar-refractivity contribution in [3.8, 4) is 23.7 Å². The fourth-order valence-electron chi connectivity index (χ4n) is 2.18. The average molecular weight is 355 g/mol. The largest absolute Gasteiger partial charge is 0.388 e. The fourth-order valence-corrected chi connectivity index (χ4v) is 2.18. The highest BCUT2D eigenvalue weighted by Crippen LogP contribution is 2.11. The number of amides is 2. The van der Waals surface area contributed by atoms with Crippen molar-refractivity contribution in [2.75, 3.05) is 13.1 Å². The molecule has 26 heavy (non-hydrogen) atoms. The van der Waals surface area contributed by atoms with Crippen molar-refractivity contribution in [1.82, 2.24) is 16.1 Å². The van der Waals surface area contributed by atoms with Gasteiger partial charge < -0.3 is 15.7 Å². The topological polar surface area (TPSA) is 111 Å². The minimum absolute atomic E-state index is 0.294. The molecule has 0 unspecified atom stereocenters. The van der Waals surface area contributed by atoms with Gasteiger partial charge in [0, 0.05) is 30.1 Å². The van der Waals surface area contributed by atoms with Crippen LogP contribution >= 0.6 is 0 Å². The third-order valence-corrected chi connectivity index (χ3v) is 3.83. The second kappa shape index (κ2) is 8.50. The first-order valence-electron chi connectivity index (χ1n) is 8.11. The molecule has 1 fully saturated rings. The first kappa shape index (κ1) is 19.5. The molecule has 1 aromatic carbocycles. The fraction of sp³-hybridized carbons (Fsp3) is 0.368. The molecule has 1 saturated heterocycles. The highest BCUT2D eigenvalue weighted by molar-refractivity contribution is 5.97. The van der Waals surface area contributed by atoms with Crippen LogP contribution in [0, 0.1) is 29.6 Å². The Hall–Kier alpha value is -2.84. The Morgan fingerprint density at radius 3 is 2.38 bits per heavy atom. The first-order chi connectivity index (χ1) is 12.3. The maximum atomic E-state index is 12.3. The number of hydroxylamine groups is 1. The lowest BCUT2D eigenvalue weighted by Gasteiger charge is -2.28. The average Bonchev–Trinajstić information content (AvgIpc) is 2.56. The van der Waals surface area contributed by atoms with Gasteiger partial charge >= 0.3 is 0 Å². The Balaban J connectivity index is 2.02. The smallest absolute Gasteiger partial charge is 0.268 e. The minimum Gasteiger partial charge on any atom is -0.388 e. The summed E-state index contributed by atoms with van der Waals surface area (Å²) in [7, 11) is 0. The zero-order valence-corrected chi connectivity index (χ0v) is 14.6. The van der Waals surface area contributed by atoms with E-state index < -0.39 is 23.5 Å². The highest BCUT2D eigenvalue weighted by Gasteiger charge is 2.34. The van der Waals surface area contributed by atoms with Gasteiger partial charge in [-0.15, -0.1) is 0 Å². The number of nitrogens with one attached hydrogen (secondary N) is 3. The normalized spacial score (nSPS) is 14.6. The quantitative estimate of drug-likeness (QED) is 0.288. The van der Waals surface area contributed by atoms with Gasteiger partial charge in [-0.05, 0) is 50.0 Å². The monoisotopic (exact) mass is 355 g/mol. The number of aliphatic hydroxyl groups is 1. The summed E-state index contributed by atoms with van der Waals surface area (Å²) in [6.07, 6.45) is 0. The molecule has 0 saturated carbocycles. The van der Waals surface area contributed by atoms with E-state index in [-0.39, 0.29) is 0 Å². The molecule has 0 spiro atoms. The Bertz CT molecular complexity index is 785. The summed E-state index contributed by atoms with van der Waals surface area (Å²) < 4.78 is 0. The highest BCUT2D eigenvalue weighted by atomic mass is 16.5. The van der Waals surface area contributed by atoms with Crippen molar-refractivity contribution in [2.45, 2.75) is 25.5 Å². The van der Waals surface area contributed by atoms with Gasteiger partial charge in [-0.1, -0.05) is 11.8 Å². The van der Waals surface area contributed by atoms with Crippen LogP contribution in [0.25, 0.3) is 0 Å². The van der Waals surface area contributed by atoms with Gasteiger partial charge in [-0.3, -0.25) is 14.8 Å². The predicted molar refractivity (Wildman–Crippen MR) is 94.9 cm³/mol. The summed E-state index contributed by atoms with van der Waals surface area (Å²) >= 11 is 0. The van der Waals surface area contributed by atoms with E-state index in [1.807, 2.05) is 0 Å². The minimum atomic E-state index is -1.55. The summed E-state index contributed by atoms with van der Waals surface area (Å²) in [5, 5.41) is 24.3. The molecule has 0 bridgehead atoms. The Labute approximate surface area is 152 Å². The van der Waals surface area contributed by atoms with Crippen LogP contribution < -0.4 is 16.1 Å². The SMILES string of the molecule is CC(C)(O)[C@H](NC(=O)c1ccc(C#CC#CC2CNC2)cc1)C(=O)NO. The molecule has 7 heteroatoms. The first-order valence-corrected chi connectivity index (χ1v) is 8.11. The number of carbonyl (C=O) groups excluding carboxylic acids is 2. The molecule has 0 aromatic heterocycles. The van der Waals surface area contributed by atoms with E-state index in [4.69, 9.17) is 5.21 Å². The van der Waals surface area contributed by atoms with Gasteiger partial charge in [0.15, 0.2) is 0 Å². The maximum Gasteiger partial charge on any atom is 0.268 e. The van der Waals surface area contributed by atoms with Gasteiger partial charge in [-0.25, -0.2) is 5.48 Å². The van der Waals surface area contributed by atoms with Crippen molar-refractivity contribution < 1.29 is 19.9 Å². The van der Waals surface area contributed by atoms with E-state index in [9.17, 15) is 14.7 Å². The summed E-state index contributed by atoms with van der Waals surface area (Å²) in [4.78, 5) is 23.9. The van der Waals surface area contributed by atoms with Crippen LogP contribution in [0.5, 0.6) is 0 Å². The van der Waals surface area contributed by atoms with Crippen LogP contribution in [0.2, 0.25) is 0 Å². The third-order valence-electron chi connectivity index (χ3n) is 3.83. The Kier molecular flexibility index (Phi) is 6.37. The molecule has 1 aromatic rings. The van der Waals surface area contributed by atoms with E-state index in [0.717, 1.165) is 13.1 Å². The van der Waals surface area contributed by atoms with E-state index in [1.54, 1.807) is 24.3 Å². The van der Waals surface area contributed by atoms with Crippen molar-refractivity contribution in [3.63, 3.8) is 0 Å². The predicted octanol–water partition coefficient (Wildman–Crippen LogP) is -0.364. The van der Waals surface area contributed by atoms with Crippen molar-refractivity contribution >= 4 is 11.8 Å². The van der Waals surface area contributed by atoms with Crippen LogP contribution in [0.3, 0.4) is 0 Å². The summed E-state index contributed by atoms with van der Waals surface area (Å²) in [6, 6.07) is 5.14. The molecule has 0 radical (unpaired) electrons. The molecule has 0 aliphatic carbocycles. The van der Waals surface area contributed by atoms with E-state index in [2.05, 4.69) is 34.3 Å². The second-order valence-electron chi connectivity index (χ2n) is 6.49. The van der Waals surface area contributed by atoms with E-state index in [0.29, 0.717) is 17.0 Å². The maximum absolute atomic E-state index is 12.3. The molecule has 5 N–H and O–H groups in total. The van der Waals surface area contributed by atoms with Gasteiger partial charge in [0.2, 0.25) is 0 Å². The molecule has 2 amide bonds. The van der Waals surface area contributed by atoms with Crippen molar-refractivity contribution in [2.24, 2.45) is 5.92 Å². The molecule has 7 nitrogen and oxygen atoms in total. The van der Waals surface area contributed by atoms with Crippen LogP contribution in [0.15, 0.2) is 24.3 Å². The van der Waals surface area contributed by atoms with Crippen LogP contribution in [-0.2, 0) is 4.79 Å². The molecule has 136 valence electrons. The Morgan fingerprint density at radius 2 is 1.88 bits per heavy atom. The summed E-state index contributed by atoms with van der Waals surface area (Å²) in [5.41, 5.74) is 0.878. The van der Waals surface area contributed by atoms with Crippen molar-refractivity contribution in [1.29, 1.82) is 0 Å². The lowest BCUT2D eigenvalue weighted by Crippen LogP contribution is -2.57. The summed E-state index contributed by atoms with van der Waals surface area (Å²) in [6.45, 7) is 4.51. The van der Waals surface area contributed by atoms with Crippen LogP contribution in [0.4, 0.5) is 0 Å². The molecule has 1 aliphatic heterocycles. The summed E-state index contributed by atoms with van der Waals surface area (Å²) in [5.74, 6) is 10.4. The number of benzene rings is 1. The molecular formula is C19H21N3O4. The van der Waals surface area contributed by atoms with Crippen molar-refractivity contribution in [3.05, 3.63) is 35.4 Å². The number of hydrogen-bond acceptors (Lipinski definition) is 5. The number of carbonyl (C=O) groups is 2. The standard InChI is InChI=1S/C19H21N3O4/c1-19(2,25)16(18(24)22-26)21-17(23)15-9-7-13(8-10-15)5-3-4-6-14-11-20-12-14/h7-10,14,16,20,25-26H,11-12H2,1-2H3,(H,21,23)(H,22,24)/t16-/m1/s1. The van der Waals surface area contributed by atoms with Gasteiger partial charge in [-0.2, -0.15) is 0 Å². The number of rotatable bonds is 4. The molecular weight excluding hydrogens is 334 g/mol. The molecule has 1 aliphatic rings. The molecule has 1 heterocycles. The van der Waals surface area contributed by atoms with Gasteiger partial charge in [0.05, 0.1) is 5.60 Å². The van der Waals surface area contributed by atoms with Gasteiger partial charge in [0.25, 0.3) is 11.8 Å². The Morgan fingerprint density at radius 1 is 1.23 bits per heavy atom. The molecule has 1 atom stereocenters. The van der Waals surface area contributed by atoms with Crippen LogP contribution in [0.1, 0.15) is 29.8 Å². The zero-order chi connectivity index (χ0) is 19.2. The van der Waals surface area contributed by atoms with E-state index >= 15 is 0 Å². The van der Waals surface area contributed by atoms with Gasteiger partial charge in [0.1, 0.15) is 6.04 Å². The van der Waals surface area contributed by atoms with Crippen LogP contribution in [-0.4, -0.2) is 46.9 Å². The number of hydrogen-bond donors (Lipinski definition) is 5. The zero-order valence-electron chi connectivity index (χ0n) is 14.6. The second-order valence-corrected chi connectivity index (χ2v) is 6.49. The lowest BCUT2D eigenvalue weighted by atomic mass is 9.97. The molecule has 2 rings (SSSR count).